The van der Waals surface area contributed by atoms with E-state index < -0.39 is 23.6 Å². The molecule has 1 aromatic carbocycles. The number of nitrogen functional groups attached to an aromatic ring is 1. The summed E-state index contributed by atoms with van der Waals surface area (Å²) in [5.41, 5.74) is 8.71. The van der Waals surface area contributed by atoms with E-state index in [1.165, 1.54) is 17.7 Å². The van der Waals surface area contributed by atoms with Crippen LogP contribution in [0.3, 0.4) is 0 Å². The van der Waals surface area contributed by atoms with Gasteiger partial charge in [0.25, 0.3) is 0 Å². The summed E-state index contributed by atoms with van der Waals surface area (Å²) in [6.07, 6.45) is -8.67. The summed E-state index contributed by atoms with van der Waals surface area (Å²) >= 11 is 1.15. The normalized spacial score (nSPS) is 13.3. The van der Waals surface area contributed by atoms with Crippen molar-refractivity contribution in [3.05, 3.63) is 35.2 Å². The largest absolute Gasteiger partial charge is 0.430 e. The maximum Gasteiger partial charge on any atom is 0.430 e. The van der Waals surface area contributed by atoms with E-state index in [4.69, 9.17) is 11.5 Å². The van der Waals surface area contributed by atoms with Crippen LogP contribution in [0.1, 0.15) is 18.2 Å². The van der Waals surface area contributed by atoms with Gasteiger partial charge in [-0.25, -0.2) is 4.98 Å². The van der Waals surface area contributed by atoms with Crippen LogP contribution in [-0.2, 0) is 13.2 Å². The highest BCUT2D eigenvalue weighted by molar-refractivity contribution is 7.99. The summed E-state index contributed by atoms with van der Waals surface area (Å²) in [4.78, 5) is 4.35. The summed E-state index contributed by atoms with van der Waals surface area (Å²) in [5, 5.41) is 0. The number of alkyl halides is 6. The smallest absolute Gasteiger partial charge is 0.395 e. The van der Waals surface area contributed by atoms with Crippen LogP contribution in [0, 0.1) is 0 Å². The van der Waals surface area contributed by atoms with Crippen molar-refractivity contribution in [3.63, 3.8) is 0 Å². The molecule has 2 rings (SSSR count). The van der Waals surface area contributed by atoms with E-state index >= 15 is 0 Å². The lowest BCUT2D eigenvalue weighted by molar-refractivity contribution is -0.137. The van der Waals surface area contributed by atoms with Crippen LogP contribution in [0.2, 0.25) is 0 Å². The number of nitrogens with zero attached hydrogens (tertiary/aromatic N) is 2. The molecule has 1 heterocycles. The molecule has 0 saturated carbocycles. The highest BCUT2D eigenvalue weighted by Gasteiger charge is 2.33. The lowest BCUT2D eigenvalue weighted by Crippen LogP contribution is -2.19. The minimum atomic E-state index is -4.75. The first kappa shape index (κ1) is 21.0. The Morgan fingerprint density at radius 2 is 1.85 bits per heavy atom. The fraction of sp³-hybridized carbons (Fsp3) is 0.312. The molecule has 4 N–H and O–H groups in total. The second-order valence-corrected chi connectivity index (χ2v) is 6.81. The number of anilines is 1. The van der Waals surface area contributed by atoms with Crippen molar-refractivity contribution in [2.75, 3.05) is 11.5 Å². The van der Waals surface area contributed by atoms with Gasteiger partial charge in [0.2, 0.25) is 0 Å². The Bertz CT molecular complexity index is 867. The van der Waals surface area contributed by atoms with Gasteiger partial charge >= 0.3 is 12.4 Å². The Balaban J connectivity index is 2.61. The number of imidazole rings is 1. The molecule has 1 aromatic heterocycles. The third-order valence-corrected chi connectivity index (χ3v) is 4.57. The van der Waals surface area contributed by atoms with Gasteiger partial charge in [-0.3, -0.25) is 0 Å². The van der Waals surface area contributed by atoms with E-state index in [1.807, 2.05) is 0 Å². The van der Waals surface area contributed by atoms with Crippen LogP contribution in [-0.4, -0.2) is 21.5 Å². The van der Waals surface area contributed by atoms with Crippen LogP contribution in [0.5, 0.6) is 0 Å². The maximum absolute atomic E-state index is 13.0. The van der Waals surface area contributed by atoms with Gasteiger partial charge in [-0.15, -0.1) is 11.8 Å². The zero-order valence-electron chi connectivity index (χ0n) is 14.2. The molecule has 0 fully saturated rings. The molecule has 27 heavy (non-hydrogen) atoms. The van der Waals surface area contributed by atoms with Crippen LogP contribution in [0.15, 0.2) is 28.8 Å². The SMILES string of the molecule is CCSc1cc(C(F)(F)F)ccc1-c1nc(/C=C(\N)C(F)(F)F)c(N)n1C. The molecule has 0 aliphatic carbocycles. The molecule has 0 atom stereocenters. The topological polar surface area (TPSA) is 69.9 Å². The van der Waals surface area contributed by atoms with Crippen molar-refractivity contribution in [2.24, 2.45) is 12.8 Å². The molecule has 0 aliphatic rings. The van der Waals surface area contributed by atoms with Crippen molar-refractivity contribution in [1.82, 2.24) is 9.55 Å². The molecule has 11 heteroatoms. The zero-order chi connectivity index (χ0) is 20.6. The van der Waals surface area contributed by atoms with Crippen molar-refractivity contribution in [2.45, 2.75) is 24.2 Å². The second-order valence-electron chi connectivity index (χ2n) is 5.50. The first-order valence-corrected chi connectivity index (χ1v) is 8.55. The quantitative estimate of drug-likeness (QED) is 0.568. The van der Waals surface area contributed by atoms with Gasteiger partial charge in [0.1, 0.15) is 23.0 Å². The summed E-state index contributed by atoms with van der Waals surface area (Å²) in [5.74, 6) is 0.532. The third-order valence-electron chi connectivity index (χ3n) is 3.64. The monoisotopic (exact) mass is 410 g/mol. The Hall–Kier alpha value is -2.30. The Labute approximate surface area is 155 Å². The molecule has 0 spiro atoms. The van der Waals surface area contributed by atoms with Gasteiger partial charge in [-0.1, -0.05) is 6.92 Å². The molecular formula is C16H16F6N4S. The average Bonchev–Trinajstić information content (AvgIpc) is 2.82. The summed E-state index contributed by atoms with van der Waals surface area (Å²) < 4.78 is 78.1. The van der Waals surface area contributed by atoms with Gasteiger partial charge < -0.3 is 16.0 Å². The fourth-order valence-corrected chi connectivity index (χ4v) is 3.10. The van der Waals surface area contributed by atoms with Gasteiger partial charge in [0, 0.05) is 17.5 Å². The molecule has 148 valence electrons. The molecule has 0 radical (unpaired) electrons. The molecule has 0 aliphatic heterocycles. The fourth-order valence-electron chi connectivity index (χ4n) is 2.27. The van der Waals surface area contributed by atoms with Crippen LogP contribution >= 0.6 is 11.8 Å². The number of allylic oxidation sites excluding steroid dienone is 1. The zero-order valence-corrected chi connectivity index (χ0v) is 15.1. The number of aromatic nitrogens is 2. The van der Waals surface area contributed by atoms with E-state index in [2.05, 4.69) is 4.98 Å². The third kappa shape index (κ3) is 4.52. The molecule has 0 bridgehead atoms. The predicted octanol–water partition coefficient (Wildman–Crippen LogP) is 4.66. The molecule has 0 saturated heterocycles. The summed E-state index contributed by atoms with van der Waals surface area (Å²) in [6.45, 7) is 1.76. The molecular weight excluding hydrogens is 394 g/mol. The number of hydrogen-bond acceptors (Lipinski definition) is 4. The maximum atomic E-state index is 13.0. The number of hydrogen-bond donors (Lipinski definition) is 2. The van der Waals surface area contributed by atoms with Gasteiger partial charge in [-0.2, -0.15) is 26.3 Å². The molecule has 0 amide bonds. The first-order chi connectivity index (χ1) is 12.4. The van der Waals surface area contributed by atoms with E-state index in [-0.39, 0.29) is 17.3 Å². The van der Waals surface area contributed by atoms with Gasteiger partial charge in [0.15, 0.2) is 0 Å². The van der Waals surface area contributed by atoms with Crippen molar-refractivity contribution in [1.29, 1.82) is 0 Å². The van der Waals surface area contributed by atoms with E-state index in [1.54, 1.807) is 6.92 Å². The van der Waals surface area contributed by atoms with Crippen LogP contribution < -0.4 is 11.5 Å². The number of benzene rings is 1. The lowest BCUT2D eigenvalue weighted by Gasteiger charge is -2.13. The number of nitrogens with two attached hydrogens (primary N) is 2. The predicted molar refractivity (Wildman–Crippen MR) is 92.7 cm³/mol. The Kier molecular flexibility index (Phi) is 5.74. The minimum absolute atomic E-state index is 0.0930. The standard InChI is InChI=1S/C16H16F6N4S/c1-3-27-11-6-8(15(17,18)19)4-5-9(11)14-25-10(13(24)26(14)2)7-12(23)16(20,21)22/h4-7H,3,23-24H2,1-2H3/b12-7-. The number of rotatable bonds is 4. The van der Waals surface area contributed by atoms with Crippen LogP contribution in [0.25, 0.3) is 17.5 Å². The van der Waals surface area contributed by atoms with Crippen molar-refractivity contribution < 1.29 is 26.3 Å². The Morgan fingerprint density at radius 3 is 2.37 bits per heavy atom. The Morgan fingerprint density at radius 1 is 1.22 bits per heavy atom. The van der Waals surface area contributed by atoms with Crippen molar-refractivity contribution >= 4 is 23.7 Å². The summed E-state index contributed by atoms with van der Waals surface area (Å²) in [6, 6.07) is 3.09. The molecule has 4 nitrogen and oxygen atoms in total. The molecule has 2 aromatic rings. The molecule has 0 unspecified atom stereocenters. The van der Waals surface area contributed by atoms with E-state index in [9.17, 15) is 26.3 Å². The van der Waals surface area contributed by atoms with Gasteiger partial charge in [0.05, 0.1) is 5.56 Å². The highest BCUT2D eigenvalue weighted by atomic mass is 32.2. The van der Waals surface area contributed by atoms with Gasteiger partial charge in [-0.05, 0) is 30.0 Å². The lowest BCUT2D eigenvalue weighted by atomic mass is 10.1. The minimum Gasteiger partial charge on any atom is -0.395 e. The second kappa shape index (κ2) is 7.37. The van der Waals surface area contributed by atoms with Crippen LogP contribution in [0.4, 0.5) is 32.2 Å². The van der Waals surface area contributed by atoms with Crippen molar-refractivity contribution in [3.8, 4) is 11.4 Å². The number of halogens is 6. The van der Waals surface area contributed by atoms with E-state index in [0.717, 1.165) is 23.9 Å². The number of thioether (sulfide) groups is 1. The first-order valence-electron chi connectivity index (χ1n) is 7.57. The summed E-state index contributed by atoms with van der Waals surface area (Å²) in [7, 11) is 1.46. The van der Waals surface area contributed by atoms with E-state index in [0.29, 0.717) is 22.3 Å². The highest BCUT2D eigenvalue weighted by Crippen LogP contribution is 2.38. The average molecular weight is 410 g/mol.